The number of benzene rings is 1. The number of carbonyl (C=O) groups is 2. The number of aromatic hydroxyl groups is 2. The van der Waals surface area contributed by atoms with Gasteiger partial charge in [-0.25, -0.2) is 0 Å². The number of amides is 2. The smallest absolute Gasteiger partial charge is 0.258 e. The molecule has 0 bridgehead atoms. The highest BCUT2D eigenvalue weighted by atomic mass is 16.3. The predicted molar refractivity (Wildman–Crippen MR) is 135 cm³/mol. The van der Waals surface area contributed by atoms with Crippen molar-refractivity contribution in [1.82, 2.24) is 9.80 Å². The molecule has 2 aliphatic rings. The maximum absolute atomic E-state index is 13.7. The van der Waals surface area contributed by atoms with Crippen LogP contribution in [0.4, 0.5) is 0 Å². The molecule has 1 heterocycles. The van der Waals surface area contributed by atoms with Gasteiger partial charge in [0.05, 0.1) is 5.56 Å². The van der Waals surface area contributed by atoms with Gasteiger partial charge in [-0.2, -0.15) is 0 Å². The van der Waals surface area contributed by atoms with Crippen LogP contribution < -0.4 is 0 Å². The molecule has 1 aliphatic heterocycles. The average Bonchev–Trinajstić information content (AvgIpc) is 2.78. The van der Waals surface area contributed by atoms with Crippen LogP contribution in [0.5, 0.6) is 11.5 Å². The summed E-state index contributed by atoms with van der Waals surface area (Å²) in [5.41, 5.74) is 3.64. The first-order valence-corrected chi connectivity index (χ1v) is 12.6. The minimum atomic E-state index is -0.225. The highest BCUT2D eigenvalue weighted by Gasteiger charge is 2.34. The van der Waals surface area contributed by atoms with Crippen molar-refractivity contribution in [2.24, 2.45) is 5.92 Å². The molecule has 0 aromatic heterocycles. The van der Waals surface area contributed by atoms with E-state index in [1.54, 1.807) is 22.8 Å². The molecule has 2 unspecified atom stereocenters. The first kappa shape index (κ1) is 25.9. The van der Waals surface area contributed by atoms with Crippen LogP contribution in [0.3, 0.4) is 0 Å². The molecule has 1 saturated heterocycles. The topological polar surface area (TPSA) is 81.1 Å². The second-order valence-electron chi connectivity index (χ2n) is 9.98. The summed E-state index contributed by atoms with van der Waals surface area (Å²) in [4.78, 5) is 28.9. The van der Waals surface area contributed by atoms with Gasteiger partial charge in [0.1, 0.15) is 11.5 Å². The fraction of sp³-hybridized carbons (Fsp3) is 0.571. The fourth-order valence-corrected chi connectivity index (χ4v) is 5.34. The summed E-state index contributed by atoms with van der Waals surface area (Å²) in [5.74, 6) is -0.411. The van der Waals surface area contributed by atoms with Crippen molar-refractivity contribution in [3.05, 3.63) is 46.6 Å². The molecular weight excluding hydrogens is 428 g/mol. The molecule has 34 heavy (non-hydrogen) atoms. The average molecular weight is 469 g/mol. The van der Waals surface area contributed by atoms with Crippen LogP contribution in [0.25, 0.3) is 0 Å². The first-order valence-electron chi connectivity index (χ1n) is 12.6. The molecule has 6 heteroatoms. The zero-order chi connectivity index (χ0) is 25.0. The van der Waals surface area contributed by atoms with Crippen molar-refractivity contribution in [3.8, 4) is 11.5 Å². The van der Waals surface area contributed by atoms with Gasteiger partial charge in [0, 0.05) is 44.6 Å². The molecule has 1 fully saturated rings. The lowest BCUT2D eigenvalue weighted by molar-refractivity contribution is -0.130. The maximum Gasteiger partial charge on any atom is 0.258 e. The minimum absolute atomic E-state index is 0.00686. The first-order chi connectivity index (χ1) is 16.1. The summed E-state index contributed by atoms with van der Waals surface area (Å²) < 4.78 is 0. The summed E-state index contributed by atoms with van der Waals surface area (Å²) in [7, 11) is 0. The van der Waals surface area contributed by atoms with Gasteiger partial charge in [-0.1, -0.05) is 43.6 Å². The van der Waals surface area contributed by atoms with Crippen molar-refractivity contribution in [1.29, 1.82) is 0 Å². The number of allylic oxidation sites excluding steroid dienone is 3. The van der Waals surface area contributed by atoms with Gasteiger partial charge in [-0.05, 0) is 57.1 Å². The van der Waals surface area contributed by atoms with E-state index in [4.69, 9.17) is 0 Å². The quantitative estimate of drug-likeness (QED) is 0.428. The van der Waals surface area contributed by atoms with Crippen LogP contribution in [0, 0.1) is 5.92 Å². The molecule has 2 amide bonds. The Hall–Kier alpha value is -2.76. The van der Waals surface area contributed by atoms with Gasteiger partial charge in [0.25, 0.3) is 5.91 Å². The summed E-state index contributed by atoms with van der Waals surface area (Å²) in [6.45, 7) is 13.7. The normalized spacial score (nSPS) is 20.8. The number of phenols is 2. The number of aryl methyl sites for hydroxylation is 1. The Balaban J connectivity index is 2.05. The number of nitrogens with zero attached hydrogens (tertiary/aromatic N) is 2. The Kier molecular flexibility index (Phi) is 8.45. The fourth-order valence-electron chi connectivity index (χ4n) is 5.34. The van der Waals surface area contributed by atoms with Crippen molar-refractivity contribution in [2.75, 3.05) is 26.2 Å². The Labute approximate surface area is 204 Å². The van der Waals surface area contributed by atoms with Crippen LogP contribution in [-0.4, -0.2) is 58.0 Å². The van der Waals surface area contributed by atoms with Crippen molar-refractivity contribution >= 4 is 11.8 Å². The predicted octanol–water partition coefficient (Wildman–Crippen LogP) is 5.15. The van der Waals surface area contributed by atoms with Gasteiger partial charge in [-0.3, -0.25) is 9.59 Å². The van der Waals surface area contributed by atoms with E-state index >= 15 is 0 Å². The van der Waals surface area contributed by atoms with Crippen LogP contribution in [-0.2, 0) is 11.2 Å². The highest BCUT2D eigenvalue weighted by molar-refractivity contribution is 5.99. The van der Waals surface area contributed by atoms with E-state index in [-0.39, 0.29) is 35.1 Å². The number of carbonyl (C=O) groups excluding carboxylic acids is 2. The molecule has 0 spiro atoms. The molecule has 0 radical (unpaired) electrons. The molecule has 1 aromatic rings. The molecule has 6 nitrogen and oxygen atoms in total. The van der Waals surface area contributed by atoms with E-state index in [1.807, 2.05) is 6.92 Å². The van der Waals surface area contributed by atoms with Crippen molar-refractivity contribution in [2.45, 2.75) is 72.1 Å². The molecule has 2 N–H and O–H groups in total. The van der Waals surface area contributed by atoms with Crippen LogP contribution in [0.15, 0.2) is 29.9 Å². The monoisotopic (exact) mass is 468 g/mol. The number of rotatable bonds is 7. The zero-order valence-electron chi connectivity index (χ0n) is 21.2. The van der Waals surface area contributed by atoms with Crippen LogP contribution in [0.2, 0.25) is 0 Å². The maximum atomic E-state index is 13.7. The molecule has 1 aromatic carbocycles. The summed E-state index contributed by atoms with van der Waals surface area (Å²) in [6, 6.07) is 1.69. The SMILES string of the molecule is C=C(C)C1CCC(C)=CC1c1c(O)cc(CCCCC)c(C(=O)N2CCN(C(C)=O)CC2)c1O. The van der Waals surface area contributed by atoms with Gasteiger partial charge in [-0.15, -0.1) is 0 Å². The standard InChI is InChI=1S/C28H40N2O4/c1-6-7-8-9-21-17-24(32)26(23-16-19(4)10-11-22(23)18(2)3)27(33)25(21)28(34)30-14-12-29(13-15-30)20(5)31/h16-17,22-23,32-33H,2,6-15H2,1,3-5H3. The number of hydrogen-bond acceptors (Lipinski definition) is 4. The third-order valence-corrected chi connectivity index (χ3v) is 7.39. The number of unbranched alkanes of at least 4 members (excludes halogenated alkanes) is 2. The molecule has 3 rings (SSSR count). The summed E-state index contributed by atoms with van der Waals surface area (Å²) in [6.07, 6.45) is 7.51. The van der Waals surface area contributed by atoms with E-state index in [2.05, 4.69) is 26.5 Å². The second kappa shape index (κ2) is 11.1. The molecule has 0 saturated carbocycles. The lowest BCUT2D eigenvalue weighted by atomic mass is 9.73. The summed E-state index contributed by atoms with van der Waals surface area (Å²) in [5, 5.41) is 22.6. The van der Waals surface area contributed by atoms with E-state index in [1.165, 1.54) is 5.57 Å². The van der Waals surface area contributed by atoms with E-state index in [9.17, 15) is 19.8 Å². The van der Waals surface area contributed by atoms with Gasteiger partial charge in [0.15, 0.2) is 0 Å². The Bertz CT molecular complexity index is 973. The second-order valence-corrected chi connectivity index (χ2v) is 9.98. The highest BCUT2D eigenvalue weighted by Crippen LogP contribution is 2.48. The molecular formula is C28H40N2O4. The van der Waals surface area contributed by atoms with Crippen molar-refractivity contribution in [3.63, 3.8) is 0 Å². The van der Waals surface area contributed by atoms with E-state index < -0.39 is 0 Å². The molecule has 1 aliphatic carbocycles. The largest absolute Gasteiger partial charge is 0.507 e. The van der Waals surface area contributed by atoms with E-state index in [0.29, 0.717) is 49.3 Å². The molecule has 186 valence electrons. The third-order valence-electron chi connectivity index (χ3n) is 7.39. The number of piperazine rings is 1. The van der Waals surface area contributed by atoms with Crippen LogP contribution in [0.1, 0.15) is 87.2 Å². The van der Waals surface area contributed by atoms with Gasteiger partial charge in [0.2, 0.25) is 5.91 Å². The lowest BCUT2D eigenvalue weighted by Gasteiger charge is -2.35. The lowest BCUT2D eigenvalue weighted by Crippen LogP contribution is -2.50. The number of phenolic OH excluding ortho intramolecular Hbond substituents is 2. The summed E-state index contributed by atoms with van der Waals surface area (Å²) >= 11 is 0. The van der Waals surface area contributed by atoms with Crippen molar-refractivity contribution < 1.29 is 19.8 Å². The Morgan fingerprint density at radius 3 is 2.32 bits per heavy atom. The Morgan fingerprint density at radius 2 is 1.74 bits per heavy atom. The van der Waals surface area contributed by atoms with Gasteiger partial charge >= 0.3 is 0 Å². The van der Waals surface area contributed by atoms with Gasteiger partial charge < -0.3 is 20.0 Å². The third kappa shape index (κ3) is 5.48. The Morgan fingerprint density at radius 1 is 1.09 bits per heavy atom. The minimum Gasteiger partial charge on any atom is -0.507 e. The number of hydrogen-bond donors (Lipinski definition) is 2. The molecule has 2 atom stereocenters. The van der Waals surface area contributed by atoms with E-state index in [0.717, 1.165) is 37.7 Å². The van der Waals surface area contributed by atoms with Crippen LogP contribution >= 0.6 is 0 Å². The zero-order valence-corrected chi connectivity index (χ0v) is 21.2.